The van der Waals surface area contributed by atoms with Crippen LogP contribution in [0.1, 0.15) is 5.56 Å². The summed E-state index contributed by atoms with van der Waals surface area (Å²) in [4.78, 5) is 4.02. The summed E-state index contributed by atoms with van der Waals surface area (Å²) in [5.41, 5.74) is 6.62. The fourth-order valence-electron chi connectivity index (χ4n) is 1.84. The van der Waals surface area contributed by atoms with Crippen molar-refractivity contribution in [2.45, 2.75) is 19.3 Å². The first kappa shape index (κ1) is 17.6. The fourth-order valence-corrected chi connectivity index (χ4v) is 1.84. The van der Waals surface area contributed by atoms with E-state index in [0.29, 0.717) is 17.9 Å². The van der Waals surface area contributed by atoms with Gasteiger partial charge in [-0.3, -0.25) is 0 Å². The predicted molar refractivity (Wildman–Crippen MR) is 80.9 cm³/mol. The first-order chi connectivity index (χ1) is 11.2. The molecule has 0 spiro atoms. The van der Waals surface area contributed by atoms with Crippen LogP contribution in [0.3, 0.4) is 0 Å². The quantitative estimate of drug-likeness (QED) is 0.508. The molecule has 0 radical (unpaired) electrons. The fraction of sp³-hybridized carbons (Fsp3) is 0.214. The minimum atomic E-state index is -4.72. The van der Waals surface area contributed by atoms with Crippen molar-refractivity contribution in [1.29, 1.82) is 0 Å². The Morgan fingerprint density at radius 3 is 2.33 bits per heavy atom. The number of pyridine rings is 1. The van der Waals surface area contributed by atoms with Gasteiger partial charge in [0.1, 0.15) is 17.4 Å². The summed E-state index contributed by atoms with van der Waals surface area (Å²) in [5, 5.41) is 22.9. The van der Waals surface area contributed by atoms with E-state index in [-0.39, 0.29) is 17.3 Å². The van der Waals surface area contributed by atoms with E-state index < -0.39 is 12.8 Å². The second-order valence-corrected chi connectivity index (χ2v) is 4.69. The maximum absolute atomic E-state index is 12.1. The Labute approximate surface area is 134 Å². The lowest BCUT2D eigenvalue weighted by atomic mass is 10.2. The molecule has 10 heteroatoms. The molecule has 2 aromatic rings. The molecule has 0 fully saturated rings. The zero-order valence-electron chi connectivity index (χ0n) is 12.2. The lowest BCUT2D eigenvalue weighted by Crippen LogP contribution is -2.18. The third kappa shape index (κ3) is 5.48. The van der Waals surface area contributed by atoms with Crippen molar-refractivity contribution in [2.75, 3.05) is 16.4 Å². The highest BCUT2D eigenvalue weighted by molar-refractivity contribution is 5.64. The van der Waals surface area contributed by atoms with Gasteiger partial charge in [-0.2, -0.15) is 0 Å². The average molecular weight is 344 g/mol. The molecular formula is C14H15F3N4O3. The highest BCUT2D eigenvalue weighted by Gasteiger charge is 2.30. The number of aliphatic hydroxyl groups is 2. The second kappa shape index (κ2) is 7.23. The van der Waals surface area contributed by atoms with Gasteiger partial charge in [0, 0.05) is 6.54 Å². The van der Waals surface area contributed by atoms with Crippen molar-refractivity contribution in [3.63, 3.8) is 0 Å². The second-order valence-electron chi connectivity index (χ2n) is 4.69. The molecule has 0 saturated heterocycles. The van der Waals surface area contributed by atoms with Crippen LogP contribution in [0.5, 0.6) is 5.75 Å². The summed E-state index contributed by atoms with van der Waals surface area (Å²) in [6.07, 6.45) is -6.48. The molecule has 0 aliphatic heterocycles. The van der Waals surface area contributed by atoms with Crippen molar-refractivity contribution < 1.29 is 28.1 Å². The monoisotopic (exact) mass is 344 g/mol. The number of aromatic nitrogens is 1. The smallest absolute Gasteiger partial charge is 0.406 e. The van der Waals surface area contributed by atoms with Crippen LogP contribution in [0.4, 0.5) is 30.5 Å². The van der Waals surface area contributed by atoms with Crippen LogP contribution in [0.2, 0.25) is 0 Å². The van der Waals surface area contributed by atoms with E-state index in [1.54, 1.807) is 6.07 Å². The zero-order valence-corrected chi connectivity index (χ0v) is 12.2. The normalized spacial score (nSPS) is 11.4. The van der Waals surface area contributed by atoms with Crippen molar-refractivity contribution >= 4 is 17.3 Å². The first-order valence-electron chi connectivity index (χ1n) is 6.71. The molecule has 1 aromatic heterocycles. The number of anilines is 3. The van der Waals surface area contributed by atoms with Crippen LogP contribution in [0.15, 0.2) is 36.4 Å². The number of nitrogen functional groups attached to an aromatic ring is 1. The van der Waals surface area contributed by atoms with Crippen molar-refractivity contribution in [2.24, 2.45) is 0 Å². The van der Waals surface area contributed by atoms with E-state index in [9.17, 15) is 13.2 Å². The molecule has 0 saturated carbocycles. The number of nitrogens with two attached hydrogens (primary N) is 1. The largest absolute Gasteiger partial charge is 0.573 e. The van der Waals surface area contributed by atoms with Gasteiger partial charge in [0.05, 0.1) is 5.69 Å². The molecule has 1 aromatic carbocycles. The highest BCUT2D eigenvalue weighted by Crippen LogP contribution is 2.23. The number of benzene rings is 1. The van der Waals surface area contributed by atoms with Crippen LogP contribution >= 0.6 is 0 Å². The van der Waals surface area contributed by atoms with Gasteiger partial charge < -0.3 is 31.3 Å². The molecular weight excluding hydrogens is 329 g/mol. The third-order valence-corrected chi connectivity index (χ3v) is 2.84. The van der Waals surface area contributed by atoms with Crippen LogP contribution in [0, 0.1) is 0 Å². The SMILES string of the molecule is Nc1nc(NCc2ccc(OC(F)(F)F)cc2)ccc1NC(O)O. The van der Waals surface area contributed by atoms with Crippen LogP contribution in [0.25, 0.3) is 0 Å². The molecule has 0 aliphatic rings. The topological polar surface area (TPSA) is 113 Å². The zero-order chi connectivity index (χ0) is 17.7. The van der Waals surface area contributed by atoms with Gasteiger partial charge in [-0.15, -0.1) is 13.2 Å². The number of ether oxygens (including phenoxy) is 1. The van der Waals surface area contributed by atoms with E-state index in [1.165, 1.54) is 30.3 Å². The molecule has 0 atom stereocenters. The summed E-state index contributed by atoms with van der Waals surface area (Å²) >= 11 is 0. The number of nitrogens with zero attached hydrogens (tertiary/aromatic N) is 1. The Hall–Kier alpha value is -2.72. The Morgan fingerprint density at radius 1 is 1.12 bits per heavy atom. The van der Waals surface area contributed by atoms with Crippen LogP contribution in [-0.4, -0.2) is 28.0 Å². The minimum Gasteiger partial charge on any atom is -0.406 e. The Kier molecular flexibility index (Phi) is 5.31. The van der Waals surface area contributed by atoms with Crippen LogP contribution < -0.4 is 21.1 Å². The van der Waals surface area contributed by atoms with Crippen molar-refractivity contribution in [3.05, 3.63) is 42.0 Å². The average Bonchev–Trinajstić information content (AvgIpc) is 2.47. The standard InChI is InChI=1S/C14H15F3N4O3/c15-14(16,17)24-9-3-1-8(2-4-9)7-19-11-6-5-10(12(18)21-11)20-13(22)23/h1-6,13,20,22-23H,7H2,(H3,18,19,21). The Morgan fingerprint density at radius 2 is 1.79 bits per heavy atom. The lowest BCUT2D eigenvalue weighted by Gasteiger charge is -2.12. The summed E-state index contributed by atoms with van der Waals surface area (Å²) in [7, 11) is 0. The van der Waals surface area contributed by atoms with Gasteiger partial charge in [-0.05, 0) is 29.8 Å². The number of halogens is 3. The third-order valence-electron chi connectivity index (χ3n) is 2.84. The van der Waals surface area contributed by atoms with Crippen LogP contribution in [-0.2, 0) is 6.54 Å². The highest BCUT2D eigenvalue weighted by atomic mass is 19.4. The molecule has 0 unspecified atom stereocenters. The molecule has 0 bridgehead atoms. The maximum Gasteiger partial charge on any atom is 0.573 e. The van der Waals surface area contributed by atoms with E-state index in [1.807, 2.05) is 0 Å². The lowest BCUT2D eigenvalue weighted by molar-refractivity contribution is -0.274. The molecule has 7 nitrogen and oxygen atoms in total. The molecule has 6 N–H and O–H groups in total. The summed E-state index contributed by atoms with van der Waals surface area (Å²) < 4.78 is 40.0. The van der Waals surface area contributed by atoms with Gasteiger partial charge in [-0.25, -0.2) is 4.98 Å². The Balaban J connectivity index is 1.94. The summed E-state index contributed by atoms with van der Waals surface area (Å²) in [5.74, 6) is 0.176. The van der Waals surface area contributed by atoms with E-state index in [2.05, 4.69) is 20.4 Å². The van der Waals surface area contributed by atoms with Gasteiger partial charge in [0.15, 0.2) is 0 Å². The van der Waals surface area contributed by atoms with E-state index in [0.717, 1.165) is 0 Å². The number of rotatable bonds is 6. The minimum absolute atomic E-state index is 0.0574. The maximum atomic E-state index is 12.1. The first-order valence-corrected chi connectivity index (χ1v) is 6.71. The van der Waals surface area contributed by atoms with Gasteiger partial charge in [-0.1, -0.05) is 12.1 Å². The number of alkyl halides is 3. The van der Waals surface area contributed by atoms with E-state index >= 15 is 0 Å². The van der Waals surface area contributed by atoms with E-state index in [4.69, 9.17) is 15.9 Å². The van der Waals surface area contributed by atoms with Gasteiger partial charge >= 0.3 is 6.36 Å². The molecule has 0 aliphatic carbocycles. The Bertz CT molecular complexity index is 678. The van der Waals surface area contributed by atoms with Crippen molar-refractivity contribution in [3.8, 4) is 5.75 Å². The molecule has 2 rings (SSSR count). The number of nitrogens with one attached hydrogen (secondary N) is 2. The number of aliphatic hydroxyl groups excluding tert-OH is 1. The molecule has 0 amide bonds. The molecule has 1 heterocycles. The summed E-state index contributed by atoms with van der Waals surface area (Å²) in [6, 6.07) is 8.45. The van der Waals surface area contributed by atoms with Gasteiger partial charge in [0.25, 0.3) is 0 Å². The van der Waals surface area contributed by atoms with Gasteiger partial charge in [0.2, 0.25) is 6.41 Å². The predicted octanol–water partition coefficient (Wildman–Crippen LogP) is 1.85. The number of hydrogen-bond acceptors (Lipinski definition) is 7. The van der Waals surface area contributed by atoms with Crippen molar-refractivity contribution in [1.82, 2.24) is 4.98 Å². The summed E-state index contributed by atoms with van der Waals surface area (Å²) in [6.45, 7) is 0.300. The number of hydrogen-bond donors (Lipinski definition) is 5. The molecule has 130 valence electrons. The molecule has 24 heavy (non-hydrogen) atoms.